The van der Waals surface area contributed by atoms with Crippen molar-refractivity contribution in [1.29, 1.82) is 0 Å². The first kappa shape index (κ1) is 24.1. The first-order valence-electron chi connectivity index (χ1n) is 12.5. The number of halogens is 3. The van der Waals surface area contributed by atoms with Crippen LogP contribution in [-0.4, -0.2) is 69.9 Å². The summed E-state index contributed by atoms with van der Waals surface area (Å²) in [7, 11) is 0. The lowest BCUT2D eigenvalue weighted by molar-refractivity contribution is -0.152. The summed E-state index contributed by atoms with van der Waals surface area (Å²) in [6, 6.07) is -0.580. The number of rotatable bonds is 9. The summed E-state index contributed by atoms with van der Waals surface area (Å²) < 4.78 is 54.4. The zero-order chi connectivity index (χ0) is 25.7. The Balaban J connectivity index is 1.22. The third-order valence-electron chi connectivity index (χ3n) is 7.50. The maximum atomic E-state index is 14.0. The van der Waals surface area contributed by atoms with Crippen molar-refractivity contribution in [2.45, 2.75) is 50.6 Å². The molecule has 2 aromatic rings. The molecule has 1 N–H and O–H groups in total. The Labute approximate surface area is 210 Å². The number of carbonyl (C=O) groups excluding carboxylic acids is 1. The molecule has 2 saturated carbocycles. The van der Waals surface area contributed by atoms with E-state index < -0.39 is 30.1 Å². The van der Waals surface area contributed by atoms with Gasteiger partial charge in [-0.3, -0.25) is 14.2 Å². The Bertz CT molecular complexity index is 1230. The summed E-state index contributed by atoms with van der Waals surface area (Å²) in [4.78, 5) is 39.0. The van der Waals surface area contributed by atoms with Crippen molar-refractivity contribution in [3.63, 3.8) is 0 Å². The summed E-state index contributed by atoms with van der Waals surface area (Å²) in [5.74, 6) is 0.884. The van der Waals surface area contributed by atoms with Gasteiger partial charge in [0.15, 0.2) is 5.78 Å². The van der Waals surface area contributed by atoms with E-state index in [-0.39, 0.29) is 42.4 Å². The highest BCUT2D eigenvalue weighted by Crippen LogP contribution is 2.48. The van der Waals surface area contributed by atoms with E-state index in [0.717, 1.165) is 24.2 Å². The Morgan fingerprint density at radius 3 is 2.65 bits per heavy atom. The van der Waals surface area contributed by atoms with Gasteiger partial charge in [-0.2, -0.15) is 18.2 Å². The molecule has 2 aromatic heterocycles. The second-order valence-corrected chi connectivity index (χ2v) is 10.2. The second kappa shape index (κ2) is 9.26. The van der Waals surface area contributed by atoms with Crippen LogP contribution in [0.2, 0.25) is 0 Å². The minimum absolute atomic E-state index is 0.0116. The fourth-order valence-corrected chi connectivity index (χ4v) is 5.04. The molecule has 2 aliphatic carbocycles. The number of Topliss-reactive ketones (excluding diaryl/α,β-unsaturated/α-hetero) is 1. The zero-order valence-corrected chi connectivity index (χ0v) is 20.0. The molecule has 0 aromatic carbocycles. The van der Waals surface area contributed by atoms with E-state index >= 15 is 0 Å². The Morgan fingerprint density at radius 2 is 2.00 bits per heavy atom. The van der Waals surface area contributed by atoms with Gasteiger partial charge in [-0.05, 0) is 43.4 Å². The van der Waals surface area contributed by atoms with E-state index in [2.05, 4.69) is 20.3 Å². The minimum Gasteiger partial charge on any atom is -0.463 e. The van der Waals surface area contributed by atoms with E-state index in [0.29, 0.717) is 37.5 Å². The SMILES string of the molecule is O=C(CN1c2nc(NC[C@H]3OC[C@@H]4CC43)cc(=O)n2CC[C@H]1C(F)(F)F)c1cnc(OCC2CC2)nc1. The number of nitrogens with one attached hydrogen (secondary N) is 1. The van der Waals surface area contributed by atoms with Gasteiger partial charge < -0.3 is 19.7 Å². The summed E-state index contributed by atoms with van der Waals surface area (Å²) in [6.45, 7) is 0.822. The fraction of sp³-hybridized carbons (Fsp3) is 0.625. The molecule has 4 aliphatic rings. The van der Waals surface area contributed by atoms with Gasteiger partial charge in [0.2, 0.25) is 5.95 Å². The molecule has 198 valence electrons. The number of ketones is 1. The highest BCUT2D eigenvalue weighted by Gasteiger charge is 2.49. The molecular weight excluding hydrogens is 493 g/mol. The van der Waals surface area contributed by atoms with E-state index in [4.69, 9.17) is 9.47 Å². The lowest BCUT2D eigenvalue weighted by atomic mass is 10.1. The number of hydrogen-bond donors (Lipinski definition) is 1. The average molecular weight is 521 g/mol. The Morgan fingerprint density at radius 1 is 1.22 bits per heavy atom. The van der Waals surface area contributed by atoms with Crippen LogP contribution in [0.4, 0.5) is 24.9 Å². The van der Waals surface area contributed by atoms with Crippen LogP contribution in [0.1, 0.15) is 36.0 Å². The third kappa shape index (κ3) is 5.13. The highest BCUT2D eigenvalue weighted by atomic mass is 19.4. The molecule has 2 aliphatic heterocycles. The second-order valence-electron chi connectivity index (χ2n) is 10.2. The molecule has 10 nitrogen and oxygen atoms in total. The molecule has 4 atom stereocenters. The number of ether oxygens (including phenoxy) is 2. The highest BCUT2D eigenvalue weighted by molar-refractivity contribution is 5.98. The lowest BCUT2D eigenvalue weighted by Crippen LogP contribution is -2.54. The van der Waals surface area contributed by atoms with E-state index in [1.807, 2.05) is 0 Å². The zero-order valence-electron chi connectivity index (χ0n) is 20.0. The predicted octanol–water partition coefficient (Wildman–Crippen LogP) is 2.29. The van der Waals surface area contributed by atoms with Gasteiger partial charge in [-0.25, -0.2) is 9.97 Å². The maximum absolute atomic E-state index is 14.0. The maximum Gasteiger partial charge on any atom is 0.408 e. The van der Waals surface area contributed by atoms with Crippen molar-refractivity contribution in [3.8, 4) is 6.01 Å². The van der Waals surface area contributed by atoms with Crippen LogP contribution in [0.5, 0.6) is 6.01 Å². The Kier molecular flexibility index (Phi) is 6.04. The molecule has 1 unspecified atom stereocenters. The molecular formula is C24H27F3N6O4. The first-order valence-corrected chi connectivity index (χ1v) is 12.5. The molecule has 0 spiro atoms. The summed E-state index contributed by atoms with van der Waals surface area (Å²) >= 11 is 0. The van der Waals surface area contributed by atoms with Crippen LogP contribution in [0.25, 0.3) is 0 Å². The minimum atomic E-state index is -4.62. The van der Waals surface area contributed by atoms with Gasteiger partial charge in [-0.1, -0.05) is 0 Å². The molecule has 0 radical (unpaired) electrons. The topological polar surface area (TPSA) is 111 Å². The molecule has 0 amide bonds. The molecule has 4 heterocycles. The van der Waals surface area contributed by atoms with Gasteiger partial charge in [0.25, 0.3) is 5.56 Å². The van der Waals surface area contributed by atoms with E-state index in [1.54, 1.807) is 0 Å². The molecule has 3 fully saturated rings. The number of fused-ring (bicyclic) bond motifs is 2. The van der Waals surface area contributed by atoms with Crippen LogP contribution >= 0.6 is 0 Å². The largest absolute Gasteiger partial charge is 0.463 e. The number of hydrogen-bond acceptors (Lipinski definition) is 9. The van der Waals surface area contributed by atoms with Crippen molar-refractivity contribution in [1.82, 2.24) is 19.5 Å². The van der Waals surface area contributed by atoms with Crippen LogP contribution in [0, 0.1) is 17.8 Å². The normalized spacial score (nSPS) is 26.4. The molecule has 13 heteroatoms. The number of carbonyl (C=O) groups is 1. The van der Waals surface area contributed by atoms with Crippen molar-refractivity contribution in [2.24, 2.45) is 17.8 Å². The molecule has 37 heavy (non-hydrogen) atoms. The van der Waals surface area contributed by atoms with Gasteiger partial charge in [0.1, 0.15) is 11.9 Å². The average Bonchev–Trinajstić information content (AvgIpc) is 3.80. The Hall–Kier alpha value is -3.22. The number of alkyl halides is 3. The number of aromatic nitrogens is 4. The molecule has 0 bridgehead atoms. The van der Waals surface area contributed by atoms with Crippen molar-refractivity contribution < 1.29 is 27.4 Å². The van der Waals surface area contributed by atoms with Crippen LogP contribution in [0.15, 0.2) is 23.3 Å². The van der Waals surface area contributed by atoms with Crippen molar-refractivity contribution in [2.75, 3.05) is 36.5 Å². The van der Waals surface area contributed by atoms with Crippen LogP contribution in [0.3, 0.4) is 0 Å². The summed E-state index contributed by atoms with van der Waals surface area (Å²) in [6.07, 6.45) is 0.778. The number of anilines is 2. The first-order chi connectivity index (χ1) is 17.8. The quantitative estimate of drug-likeness (QED) is 0.498. The van der Waals surface area contributed by atoms with Gasteiger partial charge in [0, 0.05) is 31.5 Å². The van der Waals surface area contributed by atoms with Gasteiger partial charge >= 0.3 is 12.2 Å². The van der Waals surface area contributed by atoms with E-state index in [9.17, 15) is 22.8 Å². The van der Waals surface area contributed by atoms with E-state index in [1.165, 1.54) is 23.0 Å². The van der Waals surface area contributed by atoms with Gasteiger partial charge in [0.05, 0.1) is 31.4 Å². The standard InChI is InChI=1S/C24H27F3N6O4/c25-24(26,27)19-3-4-32-21(35)6-20(28-9-18-16-5-14(16)12-36-18)31-23(32)33(19)10-17(34)15-7-29-22(30-8-15)37-11-13-1-2-13/h6-8,13-14,16,18-19,28H,1-5,9-12H2/t14-,16?,18+,19-/m0/s1. The van der Waals surface area contributed by atoms with Crippen molar-refractivity contribution in [3.05, 3.63) is 34.4 Å². The van der Waals surface area contributed by atoms with Crippen LogP contribution < -0.4 is 20.5 Å². The fourth-order valence-electron chi connectivity index (χ4n) is 5.04. The predicted molar refractivity (Wildman–Crippen MR) is 125 cm³/mol. The summed E-state index contributed by atoms with van der Waals surface area (Å²) in [5, 5.41) is 3.05. The van der Waals surface area contributed by atoms with Gasteiger partial charge in [-0.15, -0.1) is 0 Å². The smallest absolute Gasteiger partial charge is 0.408 e. The van der Waals surface area contributed by atoms with Crippen LogP contribution in [-0.2, 0) is 11.3 Å². The monoisotopic (exact) mass is 520 g/mol. The lowest BCUT2D eigenvalue weighted by Gasteiger charge is -2.38. The third-order valence-corrected chi connectivity index (χ3v) is 7.50. The van der Waals surface area contributed by atoms with Crippen molar-refractivity contribution >= 4 is 17.5 Å². The number of nitrogens with zero attached hydrogens (tertiary/aromatic N) is 5. The molecule has 1 saturated heterocycles. The molecule has 6 rings (SSSR count). The summed E-state index contributed by atoms with van der Waals surface area (Å²) in [5.41, 5.74) is -0.437.